The van der Waals surface area contributed by atoms with E-state index in [1.165, 1.54) is 12.1 Å². The van der Waals surface area contributed by atoms with Gasteiger partial charge in [0, 0.05) is 34.4 Å². The molecule has 1 saturated heterocycles. The van der Waals surface area contributed by atoms with Crippen molar-refractivity contribution < 1.29 is 13.3 Å². The largest absolute Gasteiger partial charge is 0.356 e. The highest BCUT2D eigenvalue weighted by atomic mass is 32.2. The highest BCUT2D eigenvalue weighted by molar-refractivity contribution is 7.93. The maximum Gasteiger partial charge on any atom is 0.169 e. The number of benzene rings is 2. The zero-order valence-electron chi connectivity index (χ0n) is 24.2. The summed E-state index contributed by atoms with van der Waals surface area (Å²) in [5, 5.41) is 7.54. The van der Waals surface area contributed by atoms with E-state index in [9.17, 15) is 8.60 Å². The van der Waals surface area contributed by atoms with Gasteiger partial charge in [-0.25, -0.2) is 18.3 Å². The van der Waals surface area contributed by atoms with Crippen LogP contribution in [0.25, 0.3) is 32.8 Å². The smallest absolute Gasteiger partial charge is 0.169 e. The van der Waals surface area contributed by atoms with E-state index in [-0.39, 0.29) is 18.0 Å². The molecule has 0 saturated carbocycles. The molecule has 5 rings (SSSR count). The van der Waals surface area contributed by atoms with Crippen molar-refractivity contribution in [3.63, 3.8) is 0 Å². The molecule has 3 heterocycles. The molecule has 0 radical (unpaired) electrons. The first-order valence-corrected chi connectivity index (χ1v) is 16.6. The maximum absolute atomic E-state index is 14.2. The summed E-state index contributed by atoms with van der Waals surface area (Å²) in [6, 6.07) is 10.8. The van der Waals surface area contributed by atoms with Crippen LogP contribution in [0.1, 0.15) is 90.5 Å². The molecule has 2 aromatic heterocycles. The van der Waals surface area contributed by atoms with Crippen LogP contribution < -0.4 is 0 Å². The Bertz CT molecular complexity index is 1580. The molecule has 6 nitrogen and oxygen atoms in total. The van der Waals surface area contributed by atoms with Crippen LogP contribution in [0.4, 0.5) is 10.2 Å². The third-order valence-electron chi connectivity index (χ3n) is 7.72. The Morgan fingerprint density at radius 1 is 1.07 bits per heavy atom. The van der Waals surface area contributed by atoms with Gasteiger partial charge in [-0.2, -0.15) is 9.46 Å². The van der Waals surface area contributed by atoms with Crippen LogP contribution in [0.15, 0.2) is 47.0 Å². The van der Waals surface area contributed by atoms with Crippen molar-refractivity contribution in [1.82, 2.24) is 14.8 Å². The number of hydrogen-bond acceptors (Lipinski definition) is 5. The summed E-state index contributed by atoms with van der Waals surface area (Å²) >= 11 is 0. The summed E-state index contributed by atoms with van der Waals surface area (Å²) < 4.78 is 41.2. The summed E-state index contributed by atoms with van der Waals surface area (Å²) in [7, 11) is -2.49. The van der Waals surface area contributed by atoms with Crippen LogP contribution in [-0.4, -0.2) is 37.1 Å². The lowest BCUT2D eigenvalue weighted by molar-refractivity contribution is -0.0366. The van der Waals surface area contributed by atoms with Crippen LogP contribution in [-0.2, 0) is 14.5 Å². The first-order chi connectivity index (χ1) is 19.3. The Morgan fingerprint density at radius 3 is 2.42 bits per heavy atom. The molecule has 4 aromatic rings. The summed E-state index contributed by atoms with van der Waals surface area (Å²) in [6.45, 7) is 9.17. The molecule has 0 spiro atoms. The molecule has 40 heavy (non-hydrogen) atoms. The van der Waals surface area contributed by atoms with Crippen LogP contribution >= 0.6 is 0 Å². The minimum absolute atomic E-state index is 0.0785. The van der Waals surface area contributed by atoms with Crippen molar-refractivity contribution in [2.75, 3.05) is 18.1 Å². The molecule has 1 aliphatic heterocycles. The Labute approximate surface area is 237 Å². The Balaban J connectivity index is 1.83. The second-order valence-electron chi connectivity index (χ2n) is 11.2. The standard InChI is InChI=1S/C32H41FN4O2S/c1-5-7-17-40(38,18-8-6-2)36-32-27-20-28-24(21-34-37(28)29-11-9-10-16-39-29)19-26(27)30(31(35-32)22(3)4)23-12-14-25(33)15-13-23/h12-15,19-22,29H,5-11,16-18H2,1-4H3. The third-order valence-corrected chi connectivity index (χ3v) is 10.1. The van der Waals surface area contributed by atoms with Crippen LogP contribution in [0, 0.1) is 5.82 Å². The van der Waals surface area contributed by atoms with Crippen LogP contribution in [0.5, 0.6) is 0 Å². The van der Waals surface area contributed by atoms with E-state index >= 15 is 0 Å². The fourth-order valence-corrected chi connectivity index (χ4v) is 7.82. The molecule has 214 valence electrons. The fourth-order valence-electron chi connectivity index (χ4n) is 5.50. The van der Waals surface area contributed by atoms with E-state index in [2.05, 4.69) is 39.8 Å². The number of nitrogens with zero attached hydrogens (tertiary/aromatic N) is 4. The highest BCUT2D eigenvalue weighted by Crippen LogP contribution is 2.41. The van der Waals surface area contributed by atoms with Gasteiger partial charge < -0.3 is 4.74 Å². The molecule has 1 aliphatic rings. The number of unbranched alkanes of at least 4 members (excludes halogenated alkanes) is 2. The molecular weight excluding hydrogens is 523 g/mol. The van der Waals surface area contributed by atoms with Gasteiger partial charge in [-0.3, -0.25) is 0 Å². The Morgan fingerprint density at radius 2 is 1.80 bits per heavy atom. The predicted molar refractivity (Wildman–Crippen MR) is 163 cm³/mol. The first-order valence-electron chi connectivity index (χ1n) is 14.8. The van der Waals surface area contributed by atoms with Crippen molar-refractivity contribution in [2.24, 2.45) is 4.36 Å². The van der Waals surface area contributed by atoms with Gasteiger partial charge in [0.15, 0.2) is 12.0 Å². The zero-order chi connectivity index (χ0) is 28.3. The molecule has 0 aliphatic carbocycles. The summed E-state index contributed by atoms with van der Waals surface area (Å²) in [4.78, 5) is 5.13. The van der Waals surface area contributed by atoms with Crippen molar-refractivity contribution in [3.8, 4) is 11.1 Å². The molecular formula is C32H41FN4O2S. The number of pyridine rings is 1. The van der Waals surface area contributed by atoms with Gasteiger partial charge in [0.2, 0.25) is 0 Å². The number of hydrogen-bond donors (Lipinski definition) is 0. The maximum atomic E-state index is 14.2. The van der Waals surface area contributed by atoms with E-state index in [1.807, 2.05) is 23.0 Å². The van der Waals surface area contributed by atoms with Gasteiger partial charge >= 0.3 is 0 Å². The van der Waals surface area contributed by atoms with Crippen LogP contribution in [0.3, 0.4) is 0 Å². The summed E-state index contributed by atoms with van der Waals surface area (Å²) in [5.74, 6) is 1.47. The lowest BCUT2D eigenvalue weighted by atomic mass is 9.92. The Hall–Kier alpha value is -2.84. The summed E-state index contributed by atoms with van der Waals surface area (Å²) in [5.41, 5.74) is 3.68. The van der Waals surface area contributed by atoms with Gasteiger partial charge in [-0.15, -0.1) is 0 Å². The van der Waals surface area contributed by atoms with Crippen molar-refractivity contribution >= 4 is 37.2 Å². The third kappa shape index (κ3) is 5.93. The van der Waals surface area contributed by atoms with Gasteiger partial charge in [0.05, 0.1) is 27.1 Å². The van der Waals surface area contributed by atoms with E-state index in [4.69, 9.17) is 19.2 Å². The van der Waals surface area contributed by atoms with Crippen molar-refractivity contribution in [3.05, 3.63) is 54.1 Å². The first kappa shape index (κ1) is 28.7. The number of fused-ring (bicyclic) bond motifs is 2. The molecule has 1 unspecified atom stereocenters. The van der Waals surface area contributed by atoms with Gasteiger partial charge in [-0.1, -0.05) is 52.7 Å². The molecule has 0 bridgehead atoms. The molecule has 0 amide bonds. The number of ether oxygens (including phenoxy) is 1. The van der Waals surface area contributed by atoms with Crippen molar-refractivity contribution in [1.29, 1.82) is 0 Å². The SMILES string of the molecule is CCCCS(=O)(CCCC)=Nc1nc(C(C)C)c(-c2ccc(F)cc2)c2cc3cnn(C4CCCCO4)c3cc12. The zero-order valence-corrected chi connectivity index (χ0v) is 25.0. The van der Waals surface area contributed by atoms with E-state index in [0.29, 0.717) is 17.3 Å². The average Bonchev–Trinajstić information content (AvgIpc) is 3.38. The van der Waals surface area contributed by atoms with Crippen LogP contribution in [0.2, 0.25) is 0 Å². The Kier molecular flexibility index (Phi) is 8.86. The number of aromatic nitrogens is 3. The molecule has 2 aromatic carbocycles. The molecule has 1 atom stereocenters. The lowest BCUT2D eigenvalue weighted by Gasteiger charge is -2.23. The molecule has 8 heteroatoms. The minimum atomic E-state index is -2.49. The van der Waals surface area contributed by atoms with Gasteiger partial charge in [-0.05, 0) is 73.2 Å². The molecule has 0 N–H and O–H groups in total. The van der Waals surface area contributed by atoms with E-state index in [1.54, 1.807) is 0 Å². The second kappa shape index (κ2) is 12.4. The van der Waals surface area contributed by atoms with E-state index < -0.39 is 9.73 Å². The summed E-state index contributed by atoms with van der Waals surface area (Å²) in [6.07, 6.45) is 8.53. The second-order valence-corrected chi connectivity index (χ2v) is 13.7. The number of rotatable bonds is 10. The average molecular weight is 565 g/mol. The van der Waals surface area contributed by atoms with Crippen molar-refractivity contribution in [2.45, 2.75) is 84.8 Å². The highest BCUT2D eigenvalue weighted by Gasteiger charge is 2.23. The fraction of sp³-hybridized carbons (Fsp3) is 0.500. The normalized spacial score (nSPS) is 16.3. The van der Waals surface area contributed by atoms with Gasteiger partial charge in [0.25, 0.3) is 0 Å². The van der Waals surface area contributed by atoms with Gasteiger partial charge in [0.1, 0.15) is 5.82 Å². The van der Waals surface area contributed by atoms with E-state index in [0.717, 1.165) is 90.0 Å². The topological polar surface area (TPSA) is 69.4 Å². The quantitative estimate of drug-likeness (QED) is 0.193. The molecule has 1 fully saturated rings. The minimum Gasteiger partial charge on any atom is -0.356 e. The number of halogens is 1. The monoisotopic (exact) mass is 564 g/mol. The lowest BCUT2D eigenvalue weighted by Crippen LogP contribution is -2.18. The predicted octanol–water partition coefficient (Wildman–Crippen LogP) is 8.91.